The van der Waals surface area contributed by atoms with E-state index in [1.165, 1.54) is 0 Å². The summed E-state index contributed by atoms with van der Waals surface area (Å²) in [6.45, 7) is 8.49. The summed E-state index contributed by atoms with van der Waals surface area (Å²) in [4.78, 5) is 10.3. The zero-order valence-corrected chi connectivity index (χ0v) is 18.4. The molecule has 1 fully saturated rings. The highest BCUT2D eigenvalue weighted by molar-refractivity contribution is 5.62. The molecule has 0 aliphatic carbocycles. The molecule has 1 aromatic carbocycles. The number of hydrogen-bond donors (Lipinski definition) is 2. The van der Waals surface area contributed by atoms with E-state index in [-0.39, 0.29) is 40.3 Å². The summed E-state index contributed by atoms with van der Waals surface area (Å²) < 4.78 is 63.8. The molecule has 2 N–H and O–H groups in total. The summed E-state index contributed by atoms with van der Waals surface area (Å²) in [5.74, 6) is -2.44. The van der Waals surface area contributed by atoms with Crippen molar-refractivity contribution in [3.8, 4) is 11.5 Å². The third-order valence-electron chi connectivity index (χ3n) is 6.13. The molecule has 0 atom stereocenters. The molecule has 32 heavy (non-hydrogen) atoms. The summed E-state index contributed by atoms with van der Waals surface area (Å²) in [5, 5.41) is 5.72. The van der Waals surface area contributed by atoms with Gasteiger partial charge in [0.25, 0.3) is 0 Å². The van der Waals surface area contributed by atoms with Crippen molar-refractivity contribution in [3.05, 3.63) is 30.0 Å². The van der Waals surface area contributed by atoms with Crippen molar-refractivity contribution in [1.29, 1.82) is 0 Å². The van der Waals surface area contributed by atoms with E-state index in [9.17, 15) is 17.6 Å². The maximum absolute atomic E-state index is 14.5. The van der Waals surface area contributed by atoms with Crippen molar-refractivity contribution < 1.29 is 27.0 Å². The van der Waals surface area contributed by atoms with Crippen LogP contribution >= 0.6 is 0 Å². The van der Waals surface area contributed by atoms with Crippen molar-refractivity contribution in [2.75, 3.05) is 17.7 Å². The molecule has 2 aliphatic heterocycles. The van der Waals surface area contributed by atoms with Gasteiger partial charge in [-0.3, -0.25) is 4.90 Å². The molecule has 0 radical (unpaired) electrons. The Bertz CT molecular complexity index is 1030. The minimum Gasteiger partial charge on any atom is -0.395 e. The Morgan fingerprint density at radius 2 is 1.59 bits per heavy atom. The van der Waals surface area contributed by atoms with Gasteiger partial charge in [0.05, 0.1) is 11.9 Å². The second kappa shape index (κ2) is 7.36. The Labute approximate surface area is 183 Å². The van der Waals surface area contributed by atoms with Crippen molar-refractivity contribution in [1.82, 2.24) is 14.9 Å². The van der Waals surface area contributed by atoms with Crippen LogP contribution in [0.2, 0.25) is 0 Å². The lowest BCUT2D eigenvalue weighted by Crippen LogP contribution is -2.61. The van der Waals surface area contributed by atoms with Crippen LogP contribution in [0.4, 0.5) is 35.0 Å². The van der Waals surface area contributed by atoms with E-state index in [0.29, 0.717) is 0 Å². The Hall–Kier alpha value is -2.82. The van der Waals surface area contributed by atoms with Crippen molar-refractivity contribution in [3.63, 3.8) is 0 Å². The summed E-state index contributed by atoms with van der Waals surface area (Å²) in [7, 11) is 2.07. The first-order valence-corrected chi connectivity index (χ1v) is 10.2. The lowest BCUT2D eigenvalue weighted by molar-refractivity contribution is -0.286. The number of nitrogens with zero attached hydrogens (tertiary/aromatic N) is 3. The largest absolute Gasteiger partial charge is 0.586 e. The predicted octanol–water partition coefficient (Wildman–Crippen LogP) is 4.88. The van der Waals surface area contributed by atoms with Gasteiger partial charge >= 0.3 is 6.29 Å². The molecule has 11 heteroatoms. The van der Waals surface area contributed by atoms with E-state index in [1.54, 1.807) is 0 Å². The van der Waals surface area contributed by atoms with Gasteiger partial charge in [-0.05, 0) is 47.6 Å². The molecule has 1 saturated heterocycles. The Morgan fingerprint density at radius 3 is 2.22 bits per heavy atom. The van der Waals surface area contributed by atoms with Crippen LogP contribution in [0.25, 0.3) is 0 Å². The van der Waals surface area contributed by atoms with Gasteiger partial charge in [0.1, 0.15) is 0 Å². The average Bonchev–Trinajstić information content (AvgIpc) is 2.95. The molecule has 0 saturated carbocycles. The molecule has 3 heterocycles. The van der Waals surface area contributed by atoms with Crippen molar-refractivity contribution >= 4 is 17.5 Å². The zero-order chi connectivity index (χ0) is 23.5. The Kier molecular flexibility index (Phi) is 5.15. The third-order valence-corrected chi connectivity index (χ3v) is 6.13. The van der Waals surface area contributed by atoms with Gasteiger partial charge in [-0.15, -0.1) is 8.78 Å². The highest BCUT2D eigenvalue weighted by atomic mass is 19.3. The minimum atomic E-state index is -3.87. The molecule has 4 rings (SSSR count). The van der Waals surface area contributed by atoms with Gasteiger partial charge < -0.3 is 20.1 Å². The summed E-state index contributed by atoms with van der Waals surface area (Å²) >= 11 is 0. The predicted molar refractivity (Wildman–Crippen MR) is 110 cm³/mol. The molecule has 2 aromatic rings. The number of benzene rings is 1. The van der Waals surface area contributed by atoms with E-state index in [2.05, 4.69) is 69.7 Å². The second-order valence-electron chi connectivity index (χ2n) is 9.39. The van der Waals surface area contributed by atoms with Crippen LogP contribution in [0.15, 0.2) is 18.3 Å². The quantitative estimate of drug-likeness (QED) is 0.637. The second-order valence-corrected chi connectivity index (χ2v) is 9.39. The number of aromatic nitrogens is 2. The number of piperidine rings is 1. The van der Waals surface area contributed by atoms with Crippen LogP contribution in [-0.2, 0) is 0 Å². The van der Waals surface area contributed by atoms with Crippen LogP contribution in [0.3, 0.4) is 0 Å². The maximum Gasteiger partial charge on any atom is 0.586 e. The fourth-order valence-corrected chi connectivity index (χ4v) is 4.38. The summed E-state index contributed by atoms with van der Waals surface area (Å²) in [6, 6.07) is 1.72. The number of ether oxygens (including phenoxy) is 2. The van der Waals surface area contributed by atoms with Crippen LogP contribution in [-0.4, -0.2) is 45.3 Å². The monoisotopic (exact) mass is 455 g/mol. The first kappa shape index (κ1) is 22.4. The Morgan fingerprint density at radius 1 is 1.00 bits per heavy atom. The summed E-state index contributed by atoms with van der Waals surface area (Å²) in [6.07, 6.45) is -1.40. The number of nitrogens with one attached hydrogen (secondary N) is 2. The molecule has 0 amide bonds. The number of alkyl halides is 2. The van der Waals surface area contributed by atoms with Gasteiger partial charge in [0.2, 0.25) is 5.95 Å². The third kappa shape index (κ3) is 4.25. The molecule has 0 bridgehead atoms. The first-order valence-electron chi connectivity index (χ1n) is 10.2. The van der Waals surface area contributed by atoms with Gasteiger partial charge in [-0.2, -0.15) is 4.98 Å². The van der Waals surface area contributed by atoms with Crippen LogP contribution in [0.1, 0.15) is 40.5 Å². The van der Waals surface area contributed by atoms with E-state index in [1.807, 2.05) is 0 Å². The highest BCUT2D eigenvalue weighted by Crippen LogP contribution is 2.44. The Balaban J connectivity index is 1.54. The zero-order valence-electron chi connectivity index (χ0n) is 18.4. The van der Waals surface area contributed by atoms with Crippen LogP contribution in [0.5, 0.6) is 11.5 Å². The number of anilines is 3. The number of fused-ring (bicyclic) bond motifs is 1. The highest BCUT2D eigenvalue weighted by Gasteiger charge is 2.44. The smallest absolute Gasteiger partial charge is 0.395 e. The number of halogens is 4. The van der Waals surface area contributed by atoms with Crippen molar-refractivity contribution in [2.24, 2.45) is 0 Å². The standard InChI is InChI=1S/C21H25F4N5O2/c1-19(2)8-11(9-20(3,4)30(19)5)27-17-13(23)10-26-18(29-17)28-14-7-16-15(6-12(14)22)31-21(24,25)32-16/h6-7,10-11H,8-9H2,1-5H3,(H2,26,27,28,29). The fraction of sp³-hybridized carbons (Fsp3) is 0.524. The van der Waals surface area contributed by atoms with E-state index >= 15 is 0 Å². The molecule has 2 aliphatic rings. The van der Waals surface area contributed by atoms with Crippen LogP contribution < -0.4 is 20.1 Å². The SMILES string of the molecule is CN1C(C)(C)CC(Nc2nc(Nc3cc4c(cc3F)OC(F)(F)O4)ncc2F)CC1(C)C. The van der Waals surface area contributed by atoms with Crippen LogP contribution in [0, 0.1) is 11.6 Å². The molecule has 0 unspecified atom stereocenters. The van der Waals surface area contributed by atoms with Gasteiger partial charge in [-0.25, -0.2) is 13.8 Å². The molecule has 174 valence electrons. The lowest BCUT2D eigenvalue weighted by Gasteiger charge is -2.53. The fourth-order valence-electron chi connectivity index (χ4n) is 4.38. The minimum absolute atomic E-state index is 0.0312. The topological polar surface area (TPSA) is 71.5 Å². The number of rotatable bonds is 4. The molecular weight excluding hydrogens is 430 g/mol. The van der Waals surface area contributed by atoms with Gasteiger partial charge in [0.15, 0.2) is 29.0 Å². The van der Waals surface area contributed by atoms with E-state index < -0.39 is 23.7 Å². The van der Waals surface area contributed by atoms with Crippen molar-refractivity contribution in [2.45, 2.75) is 64.0 Å². The van der Waals surface area contributed by atoms with E-state index in [4.69, 9.17) is 0 Å². The lowest BCUT2D eigenvalue weighted by atomic mass is 9.77. The normalized spacial score (nSPS) is 21.4. The molecular formula is C21H25F4N5O2. The van der Waals surface area contributed by atoms with Gasteiger partial charge in [-0.1, -0.05) is 0 Å². The number of hydrogen-bond acceptors (Lipinski definition) is 7. The summed E-state index contributed by atoms with van der Waals surface area (Å²) in [5.41, 5.74) is -0.465. The average molecular weight is 455 g/mol. The number of likely N-dealkylation sites (tertiary alicyclic amines) is 1. The molecule has 0 spiro atoms. The first-order chi connectivity index (χ1) is 14.8. The molecule has 1 aromatic heterocycles. The van der Waals surface area contributed by atoms with E-state index in [0.717, 1.165) is 31.2 Å². The maximum atomic E-state index is 14.5. The van der Waals surface area contributed by atoms with Gasteiger partial charge in [0, 0.05) is 29.3 Å². The molecule has 7 nitrogen and oxygen atoms in total.